The number of nitrogens with one attached hydrogen (secondary N) is 1. The van der Waals surface area contributed by atoms with Crippen LogP contribution in [0.2, 0.25) is 0 Å². The Morgan fingerprint density at radius 2 is 2.12 bits per heavy atom. The predicted octanol–water partition coefficient (Wildman–Crippen LogP) is 2.81. The van der Waals surface area contributed by atoms with Crippen LogP contribution in [0.15, 0.2) is 30.3 Å². The number of hydrogen-bond acceptors (Lipinski definition) is 2. The van der Waals surface area contributed by atoms with E-state index in [0.717, 1.165) is 19.4 Å². The molecule has 0 saturated carbocycles. The van der Waals surface area contributed by atoms with Gasteiger partial charge in [-0.25, -0.2) is 0 Å². The van der Waals surface area contributed by atoms with Gasteiger partial charge in [-0.15, -0.1) is 12.4 Å². The molecule has 17 heavy (non-hydrogen) atoms. The lowest BCUT2D eigenvalue weighted by molar-refractivity contribution is 0.0782. The van der Waals surface area contributed by atoms with Gasteiger partial charge in [0, 0.05) is 12.6 Å². The lowest BCUT2D eigenvalue weighted by Crippen LogP contribution is -2.37. The third-order valence-electron chi connectivity index (χ3n) is 3.37. The van der Waals surface area contributed by atoms with E-state index in [2.05, 4.69) is 35.6 Å². The fourth-order valence-electron chi connectivity index (χ4n) is 2.40. The summed E-state index contributed by atoms with van der Waals surface area (Å²) < 4.78 is 5.73. The van der Waals surface area contributed by atoms with Crippen LogP contribution in [-0.4, -0.2) is 25.8 Å². The van der Waals surface area contributed by atoms with E-state index in [9.17, 15) is 0 Å². The van der Waals surface area contributed by atoms with Gasteiger partial charge < -0.3 is 10.1 Å². The van der Waals surface area contributed by atoms with Crippen LogP contribution in [0, 0.1) is 0 Å². The number of hydrogen-bond donors (Lipinski definition) is 1. The molecule has 1 saturated heterocycles. The van der Waals surface area contributed by atoms with Crippen molar-refractivity contribution in [3.05, 3.63) is 35.9 Å². The molecule has 0 radical (unpaired) electrons. The van der Waals surface area contributed by atoms with Crippen LogP contribution in [0.5, 0.6) is 0 Å². The largest absolute Gasteiger partial charge is 0.377 e. The Balaban J connectivity index is 0.00000144. The number of halogens is 1. The van der Waals surface area contributed by atoms with E-state index in [1.807, 2.05) is 7.05 Å². The predicted molar refractivity (Wildman–Crippen MR) is 73.8 cm³/mol. The van der Waals surface area contributed by atoms with Crippen molar-refractivity contribution in [3.8, 4) is 0 Å². The van der Waals surface area contributed by atoms with Crippen molar-refractivity contribution < 1.29 is 4.74 Å². The highest BCUT2D eigenvalue weighted by Crippen LogP contribution is 2.18. The second kappa shape index (κ2) is 7.70. The summed E-state index contributed by atoms with van der Waals surface area (Å²) in [4.78, 5) is 0. The molecule has 1 aliphatic rings. The first-order valence-electron chi connectivity index (χ1n) is 6.23. The zero-order valence-electron chi connectivity index (χ0n) is 10.4. The molecule has 1 aromatic carbocycles. The van der Waals surface area contributed by atoms with Crippen LogP contribution in [0.1, 0.15) is 24.8 Å². The molecule has 2 unspecified atom stereocenters. The molecule has 1 fully saturated rings. The van der Waals surface area contributed by atoms with Crippen molar-refractivity contribution >= 4 is 12.4 Å². The SMILES string of the molecule is CNC(CCc1ccccc1)C1CCCO1.Cl. The van der Waals surface area contributed by atoms with Crippen molar-refractivity contribution in [2.45, 2.75) is 37.8 Å². The zero-order chi connectivity index (χ0) is 11.2. The summed E-state index contributed by atoms with van der Waals surface area (Å²) in [6.07, 6.45) is 5.14. The first-order chi connectivity index (χ1) is 7.90. The van der Waals surface area contributed by atoms with Gasteiger partial charge in [0.2, 0.25) is 0 Å². The van der Waals surface area contributed by atoms with Gasteiger partial charge in [0.1, 0.15) is 0 Å². The van der Waals surface area contributed by atoms with E-state index in [1.165, 1.54) is 18.4 Å². The number of likely N-dealkylation sites (N-methyl/N-ethyl adjacent to an activating group) is 1. The van der Waals surface area contributed by atoms with Gasteiger partial charge in [-0.1, -0.05) is 30.3 Å². The lowest BCUT2D eigenvalue weighted by Gasteiger charge is -2.22. The number of rotatable bonds is 5. The molecule has 1 aromatic rings. The monoisotopic (exact) mass is 255 g/mol. The molecule has 2 rings (SSSR count). The summed E-state index contributed by atoms with van der Waals surface area (Å²) in [6.45, 7) is 0.939. The van der Waals surface area contributed by atoms with E-state index in [-0.39, 0.29) is 12.4 Å². The average molecular weight is 256 g/mol. The van der Waals surface area contributed by atoms with Crippen molar-refractivity contribution in [2.75, 3.05) is 13.7 Å². The second-order valence-corrected chi connectivity index (χ2v) is 4.47. The van der Waals surface area contributed by atoms with Crippen LogP contribution < -0.4 is 5.32 Å². The fraction of sp³-hybridized carbons (Fsp3) is 0.571. The molecule has 0 aromatic heterocycles. The Hall–Kier alpha value is -0.570. The first-order valence-corrected chi connectivity index (χ1v) is 6.23. The average Bonchev–Trinajstić information content (AvgIpc) is 2.85. The lowest BCUT2D eigenvalue weighted by atomic mass is 10.00. The summed E-state index contributed by atoms with van der Waals surface area (Å²) >= 11 is 0. The van der Waals surface area contributed by atoms with Gasteiger partial charge in [0.15, 0.2) is 0 Å². The molecule has 0 bridgehead atoms. The van der Waals surface area contributed by atoms with Crippen molar-refractivity contribution in [1.29, 1.82) is 0 Å². The summed E-state index contributed by atoms with van der Waals surface area (Å²) in [5, 5.41) is 3.39. The van der Waals surface area contributed by atoms with Gasteiger partial charge in [0.25, 0.3) is 0 Å². The molecule has 1 N–H and O–H groups in total. The van der Waals surface area contributed by atoms with Crippen molar-refractivity contribution in [1.82, 2.24) is 5.32 Å². The van der Waals surface area contributed by atoms with Gasteiger partial charge in [-0.2, -0.15) is 0 Å². The summed E-state index contributed by atoms with van der Waals surface area (Å²) in [5.41, 5.74) is 1.42. The molecular weight excluding hydrogens is 234 g/mol. The minimum Gasteiger partial charge on any atom is -0.377 e. The molecule has 2 nitrogen and oxygen atoms in total. The number of aryl methyl sites for hydroxylation is 1. The molecule has 1 aliphatic heterocycles. The van der Waals surface area contributed by atoms with E-state index >= 15 is 0 Å². The molecule has 0 amide bonds. The zero-order valence-corrected chi connectivity index (χ0v) is 11.2. The molecule has 3 heteroatoms. The minimum atomic E-state index is 0. The highest BCUT2D eigenvalue weighted by Gasteiger charge is 2.24. The third kappa shape index (κ3) is 4.30. The Labute approximate surface area is 110 Å². The minimum absolute atomic E-state index is 0. The van der Waals surface area contributed by atoms with E-state index in [1.54, 1.807) is 0 Å². The van der Waals surface area contributed by atoms with Crippen LogP contribution in [0.25, 0.3) is 0 Å². The van der Waals surface area contributed by atoms with Gasteiger partial charge in [-0.3, -0.25) is 0 Å². The van der Waals surface area contributed by atoms with Crippen LogP contribution in [0.4, 0.5) is 0 Å². The first kappa shape index (κ1) is 14.5. The van der Waals surface area contributed by atoms with E-state index in [4.69, 9.17) is 4.74 Å². The maximum absolute atomic E-state index is 5.73. The highest BCUT2D eigenvalue weighted by molar-refractivity contribution is 5.85. The fourth-order valence-corrected chi connectivity index (χ4v) is 2.40. The van der Waals surface area contributed by atoms with Gasteiger partial charge >= 0.3 is 0 Å². The molecule has 2 atom stereocenters. The maximum atomic E-state index is 5.73. The summed E-state index contributed by atoms with van der Waals surface area (Å²) in [7, 11) is 2.04. The molecular formula is C14H22ClNO. The topological polar surface area (TPSA) is 21.3 Å². The molecule has 1 heterocycles. The summed E-state index contributed by atoms with van der Waals surface area (Å²) in [5.74, 6) is 0. The number of benzene rings is 1. The normalized spacial score (nSPS) is 20.9. The van der Waals surface area contributed by atoms with Gasteiger partial charge in [0.05, 0.1) is 6.10 Å². The molecule has 0 aliphatic carbocycles. The molecule has 0 spiro atoms. The highest BCUT2D eigenvalue weighted by atomic mass is 35.5. The molecule has 96 valence electrons. The van der Waals surface area contributed by atoms with Crippen LogP contribution >= 0.6 is 12.4 Å². The Kier molecular flexibility index (Phi) is 6.56. The third-order valence-corrected chi connectivity index (χ3v) is 3.37. The standard InChI is InChI=1S/C14H21NO.ClH/c1-15-13(14-8-5-11-16-14)10-9-12-6-3-2-4-7-12;/h2-4,6-7,13-15H,5,8-11H2,1H3;1H. The van der Waals surface area contributed by atoms with Gasteiger partial charge in [-0.05, 0) is 38.3 Å². The van der Waals surface area contributed by atoms with Crippen LogP contribution in [-0.2, 0) is 11.2 Å². The number of ether oxygens (including phenoxy) is 1. The second-order valence-electron chi connectivity index (χ2n) is 4.47. The quantitative estimate of drug-likeness (QED) is 0.874. The smallest absolute Gasteiger partial charge is 0.0728 e. The maximum Gasteiger partial charge on any atom is 0.0728 e. The van der Waals surface area contributed by atoms with Crippen LogP contribution in [0.3, 0.4) is 0 Å². The van der Waals surface area contributed by atoms with Crippen molar-refractivity contribution in [3.63, 3.8) is 0 Å². The summed E-state index contributed by atoms with van der Waals surface area (Å²) in [6, 6.07) is 11.2. The Bertz CT molecular complexity index is 298. The Morgan fingerprint density at radius 1 is 1.35 bits per heavy atom. The van der Waals surface area contributed by atoms with E-state index in [0.29, 0.717) is 12.1 Å². The van der Waals surface area contributed by atoms with Crippen molar-refractivity contribution in [2.24, 2.45) is 0 Å². The Morgan fingerprint density at radius 3 is 2.71 bits per heavy atom. The van der Waals surface area contributed by atoms with E-state index < -0.39 is 0 Å².